The Morgan fingerprint density at radius 2 is 2.06 bits per heavy atom. The molecule has 0 saturated carbocycles. The second kappa shape index (κ2) is 5.18. The van der Waals surface area contributed by atoms with Gasteiger partial charge in [-0.25, -0.2) is 9.37 Å². The molecule has 0 aliphatic heterocycles. The van der Waals surface area contributed by atoms with E-state index in [9.17, 15) is 4.39 Å². The number of nitrogens with one attached hydrogen (secondary N) is 1. The average Bonchev–Trinajstić information content (AvgIpc) is 2.76. The summed E-state index contributed by atoms with van der Waals surface area (Å²) in [5.74, 6) is -0.205. The van der Waals surface area contributed by atoms with E-state index >= 15 is 0 Å². The molecule has 0 bridgehead atoms. The molecule has 2 nitrogen and oxygen atoms in total. The van der Waals surface area contributed by atoms with Crippen molar-refractivity contribution in [2.75, 3.05) is 13.6 Å². The SMILES string of the molecule is CNCCc1ncc(-c2ccc(F)cc2)s1. The topological polar surface area (TPSA) is 24.9 Å². The minimum atomic E-state index is -0.205. The summed E-state index contributed by atoms with van der Waals surface area (Å²) in [6.45, 7) is 0.927. The Balaban J connectivity index is 2.15. The molecule has 0 amide bonds. The summed E-state index contributed by atoms with van der Waals surface area (Å²) in [6, 6.07) is 6.51. The number of nitrogens with zero attached hydrogens (tertiary/aromatic N) is 1. The molecule has 1 aromatic carbocycles. The van der Waals surface area contributed by atoms with Gasteiger partial charge >= 0.3 is 0 Å². The third-order valence-electron chi connectivity index (χ3n) is 2.27. The standard InChI is InChI=1S/C12H13FN2S/c1-14-7-6-12-15-8-11(16-12)9-2-4-10(13)5-3-9/h2-5,8,14H,6-7H2,1H3. The van der Waals surface area contributed by atoms with Crippen LogP contribution in [-0.2, 0) is 6.42 Å². The summed E-state index contributed by atoms with van der Waals surface area (Å²) in [7, 11) is 1.93. The van der Waals surface area contributed by atoms with Gasteiger partial charge in [-0.15, -0.1) is 11.3 Å². The Morgan fingerprint density at radius 1 is 1.31 bits per heavy atom. The Morgan fingerprint density at radius 3 is 2.75 bits per heavy atom. The van der Waals surface area contributed by atoms with Gasteiger partial charge in [0, 0.05) is 19.2 Å². The molecule has 1 N–H and O–H groups in total. The predicted octanol–water partition coefficient (Wildman–Crippen LogP) is 2.71. The third-order valence-corrected chi connectivity index (χ3v) is 3.38. The number of thiazole rings is 1. The maximum Gasteiger partial charge on any atom is 0.123 e. The fourth-order valence-corrected chi connectivity index (χ4v) is 2.33. The lowest BCUT2D eigenvalue weighted by atomic mass is 10.2. The highest BCUT2D eigenvalue weighted by Gasteiger charge is 2.04. The summed E-state index contributed by atoms with van der Waals surface area (Å²) in [4.78, 5) is 5.43. The van der Waals surface area contributed by atoms with E-state index in [0.29, 0.717) is 0 Å². The van der Waals surface area contributed by atoms with Crippen molar-refractivity contribution in [2.45, 2.75) is 6.42 Å². The van der Waals surface area contributed by atoms with E-state index in [-0.39, 0.29) is 5.82 Å². The van der Waals surface area contributed by atoms with Crippen LogP contribution in [0, 0.1) is 5.82 Å². The molecule has 16 heavy (non-hydrogen) atoms. The first-order valence-electron chi connectivity index (χ1n) is 5.15. The van der Waals surface area contributed by atoms with E-state index in [1.807, 2.05) is 13.2 Å². The van der Waals surface area contributed by atoms with Gasteiger partial charge in [-0.2, -0.15) is 0 Å². The number of hydrogen-bond donors (Lipinski definition) is 1. The van der Waals surface area contributed by atoms with Crippen molar-refractivity contribution in [1.82, 2.24) is 10.3 Å². The van der Waals surface area contributed by atoms with Crippen molar-refractivity contribution < 1.29 is 4.39 Å². The van der Waals surface area contributed by atoms with Crippen LogP contribution in [0.3, 0.4) is 0 Å². The van der Waals surface area contributed by atoms with Crippen molar-refractivity contribution in [3.8, 4) is 10.4 Å². The van der Waals surface area contributed by atoms with Crippen LogP contribution in [0.5, 0.6) is 0 Å². The molecule has 0 saturated heterocycles. The fourth-order valence-electron chi connectivity index (χ4n) is 1.41. The zero-order chi connectivity index (χ0) is 11.4. The van der Waals surface area contributed by atoms with Crippen molar-refractivity contribution in [3.63, 3.8) is 0 Å². The molecule has 0 radical (unpaired) electrons. The van der Waals surface area contributed by atoms with Crippen molar-refractivity contribution in [1.29, 1.82) is 0 Å². The molecule has 84 valence electrons. The summed E-state index contributed by atoms with van der Waals surface area (Å²) >= 11 is 1.66. The lowest BCUT2D eigenvalue weighted by Crippen LogP contribution is -2.09. The van der Waals surface area contributed by atoms with E-state index in [0.717, 1.165) is 28.4 Å². The number of benzene rings is 1. The van der Waals surface area contributed by atoms with Crippen LogP contribution in [0.15, 0.2) is 30.5 Å². The Bertz CT molecular complexity index is 450. The molecule has 0 aliphatic carbocycles. The van der Waals surface area contributed by atoms with Crippen LogP contribution in [0.1, 0.15) is 5.01 Å². The van der Waals surface area contributed by atoms with Gasteiger partial charge in [-0.1, -0.05) is 12.1 Å². The van der Waals surface area contributed by atoms with Gasteiger partial charge in [0.1, 0.15) is 5.82 Å². The van der Waals surface area contributed by atoms with Crippen molar-refractivity contribution in [3.05, 3.63) is 41.3 Å². The summed E-state index contributed by atoms with van der Waals surface area (Å²) in [6.07, 6.45) is 2.78. The molecule has 0 fully saturated rings. The van der Waals surface area contributed by atoms with E-state index in [2.05, 4.69) is 10.3 Å². The molecule has 1 heterocycles. The van der Waals surface area contributed by atoms with Crippen LogP contribution < -0.4 is 5.32 Å². The van der Waals surface area contributed by atoms with Gasteiger partial charge in [-0.3, -0.25) is 0 Å². The fraction of sp³-hybridized carbons (Fsp3) is 0.250. The maximum absolute atomic E-state index is 12.8. The van der Waals surface area contributed by atoms with E-state index in [4.69, 9.17) is 0 Å². The molecule has 0 spiro atoms. The van der Waals surface area contributed by atoms with Crippen molar-refractivity contribution >= 4 is 11.3 Å². The van der Waals surface area contributed by atoms with Crippen LogP contribution in [0.2, 0.25) is 0 Å². The minimum Gasteiger partial charge on any atom is -0.319 e. The first kappa shape index (κ1) is 11.2. The van der Waals surface area contributed by atoms with Gasteiger partial charge in [0.2, 0.25) is 0 Å². The van der Waals surface area contributed by atoms with Crippen LogP contribution in [0.25, 0.3) is 10.4 Å². The first-order chi connectivity index (χ1) is 7.79. The van der Waals surface area contributed by atoms with Gasteiger partial charge in [0.15, 0.2) is 0 Å². The van der Waals surface area contributed by atoms with E-state index < -0.39 is 0 Å². The zero-order valence-electron chi connectivity index (χ0n) is 9.03. The van der Waals surface area contributed by atoms with Crippen LogP contribution >= 0.6 is 11.3 Å². The Kier molecular flexibility index (Phi) is 3.64. The highest BCUT2D eigenvalue weighted by molar-refractivity contribution is 7.15. The first-order valence-corrected chi connectivity index (χ1v) is 5.96. The predicted molar refractivity (Wildman–Crippen MR) is 65.1 cm³/mol. The lowest BCUT2D eigenvalue weighted by molar-refractivity contribution is 0.628. The maximum atomic E-state index is 12.8. The smallest absolute Gasteiger partial charge is 0.123 e. The molecular weight excluding hydrogens is 223 g/mol. The van der Waals surface area contributed by atoms with E-state index in [1.165, 1.54) is 12.1 Å². The molecule has 2 rings (SSSR count). The third kappa shape index (κ3) is 2.65. The second-order valence-corrected chi connectivity index (χ2v) is 4.59. The van der Waals surface area contributed by atoms with Gasteiger partial charge in [0.25, 0.3) is 0 Å². The quantitative estimate of drug-likeness (QED) is 0.883. The largest absolute Gasteiger partial charge is 0.319 e. The lowest BCUT2D eigenvalue weighted by Gasteiger charge is -1.95. The number of halogens is 1. The normalized spacial score (nSPS) is 10.6. The van der Waals surface area contributed by atoms with Crippen molar-refractivity contribution in [2.24, 2.45) is 0 Å². The van der Waals surface area contributed by atoms with Gasteiger partial charge in [0.05, 0.1) is 9.88 Å². The number of aromatic nitrogens is 1. The molecule has 2 aromatic rings. The molecule has 0 aliphatic rings. The summed E-state index contributed by atoms with van der Waals surface area (Å²) in [5, 5.41) is 4.20. The Hall–Kier alpha value is -1.26. The van der Waals surface area contributed by atoms with Gasteiger partial charge < -0.3 is 5.32 Å². The van der Waals surface area contributed by atoms with Crippen LogP contribution in [-0.4, -0.2) is 18.6 Å². The summed E-state index contributed by atoms with van der Waals surface area (Å²) < 4.78 is 12.8. The molecular formula is C12H13FN2S. The molecule has 0 unspecified atom stereocenters. The van der Waals surface area contributed by atoms with Crippen LogP contribution in [0.4, 0.5) is 4.39 Å². The highest BCUT2D eigenvalue weighted by atomic mass is 32.1. The molecule has 0 atom stereocenters. The number of hydrogen-bond acceptors (Lipinski definition) is 3. The average molecular weight is 236 g/mol. The molecule has 4 heteroatoms. The van der Waals surface area contributed by atoms with Gasteiger partial charge in [-0.05, 0) is 24.7 Å². The summed E-state index contributed by atoms with van der Waals surface area (Å²) in [5.41, 5.74) is 1.02. The highest BCUT2D eigenvalue weighted by Crippen LogP contribution is 2.26. The monoisotopic (exact) mass is 236 g/mol. The number of rotatable bonds is 4. The van der Waals surface area contributed by atoms with E-state index in [1.54, 1.807) is 23.5 Å². The molecule has 1 aromatic heterocycles. The zero-order valence-corrected chi connectivity index (χ0v) is 9.85. The minimum absolute atomic E-state index is 0.205. The Labute approximate surface area is 98.2 Å². The number of likely N-dealkylation sites (N-methyl/N-ethyl adjacent to an activating group) is 1. The second-order valence-electron chi connectivity index (χ2n) is 3.48.